The molecule has 8 atom stereocenters. The Morgan fingerprint density at radius 1 is 0.862 bits per heavy atom. The van der Waals surface area contributed by atoms with Gasteiger partial charge in [0, 0.05) is 44.0 Å². The van der Waals surface area contributed by atoms with Crippen LogP contribution in [0.4, 0.5) is 8.78 Å². The molecular formula is C41H51F2N7O8. The Morgan fingerprint density at radius 3 is 2.26 bits per heavy atom. The van der Waals surface area contributed by atoms with E-state index in [9.17, 15) is 42.3 Å². The highest BCUT2D eigenvalue weighted by molar-refractivity contribution is 5.98. The molecule has 58 heavy (non-hydrogen) atoms. The van der Waals surface area contributed by atoms with Gasteiger partial charge in [0.2, 0.25) is 35.4 Å². The number of nitrogens with one attached hydrogen (secondary N) is 3. The second-order valence-electron chi connectivity index (χ2n) is 16.0. The molecule has 3 N–H and O–H groups in total. The van der Waals surface area contributed by atoms with E-state index in [1.54, 1.807) is 19.1 Å². The summed E-state index contributed by atoms with van der Waals surface area (Å²) in [5.74, 6) is -6.51. The van der Waals surface area contributed by atoms with Crippen LogP contribution in [0.2, 0.25) is 0 Å². The topological polar surface area (TPSA) is 187 Å². The van der Waals surface area contributed by atoms with Gasteiger partial charge in [0.05, 0.1) is 6.42 Å². The van der Waals surface area contributed by atoms with Gasteiger partial charge in [0.15, 0.2) is 0 Å². The third-order valence-corrected chi connectivity index (χ3v) is 11.4. The summed E-state index contributed by atoms with van der Waals surface area (Å²) in [5.41, 5.74) is 1.30. The lowest BCUT2D eigenvalue weighted by atomic mass is 9.99. The van der Waals surface area contributed by atoms with Crippen molar-refractivity contribution in [3.05, 3.63) is 65.0 Å². The van der Waals surface area contributed by atoms with E-state index >= 15 is 0 Å². The second-order valence-corrected chi connectivity index (χ2v) is 16.0. The molecule has 4 saturated heterocycles. The van der Waals surface area contributed by atoms with E-state index in [1.807, 2.05) is 6.92 Å². The molecule has 0 radical (unpaired) electrons. The zero-order valence-electron chi connectivity index (χ0n) is 33.2. The quantitative estimate of drug-likeness (QED) is 0.349. The highest BCUT2D eigenvalue weighted by Crippen LogP contribution is 2.29. The Balaban J connectivity index is 1.34. The number of cyclic esters (lactones) is 1. The molecule has 0 unspecified atom stereocenters. The number of pyridine rings is 1. The highest BCUT2D eigenvalue weighted by Gasteiger charge is 2.47. The summed E-state index contributed by atoms with van der Waals surface area (Å²) < 4.78 is 34.5. The Hall–Kier alpha value is -5.48. The summed E-state index contributed by atoms with van der Waals surface area (Å²) in [7, 11) is 0. The fourth-order valence-corrected chi connectivity index (χ4v) is 8.43. The number of benzene rings is 1. The molecule has 6 amide bonds. The zero-order valence-corrected chi connectivity index (χ0v) is 33.2. The van der Waals surface area contributed by atoms with Crippen molar-refractivity contribution in [2.75, 3.05) is 19.6 Å². The first-order valence-electron chi connectivity index (χ1n) is 20.0. The van der Waals surface area contributed by atoms with Gasteiger partial charge in [-0.2, -0.15) is 0 Å². The first-order valence-corrected chi connectivity index (χ1v) is 20.0. The first-order chi connectivity index (χ1) is 27.6. The number of nitrogens with zero attached hydrogens (tertiary/aromatic N) is 4. The third-order valence-electron chi connectivity index (χ3n) is 11.4. The SMILES string of the molecule is Cc1ccc(CC(=O)N[C@@H](Cc2cc(F)cc(F)c2)C(=O)N[C@@H]2C(=O)N3CCC[C@H]3C(=O)N3CCCC[C@H]3C(=O)N[C@@H](C)C(=O)N3C[C@H](C)C[C@H]3C(=O)O[C@H]2C)cn1. The van der Waals surface area contributed by atoms with Gasteiger partial charge in [0.1, 0.15) is 54.0 Å². The van der Waals surface area contributed by atoms with Crippen molar-refractivity contribution in [3.8, 4) is 0 Å². The molecule has 2 aromatic rings. The Morgan fingerprint density at radius 2 is 1.55 bits per heavy atom. The van der Waals surface area contributed by atoms with Crippen LogP contribution in [0.5, 0.6) is 0 Å². The number of amides is 6. The summed E-state index contributed by atoms with van der Waals surface area (Å²) in [6, 6.07) is -0.928. The zero-order chi connectivity index (χ0) is 41.8. The van der Waals surface area contributed by atoms with E-state index in [4.69, 9.17) is 4.74 Å². The van der Waals surface area contributed by atoms with Crippen molar-refractivity contribution in [2.45, 2.75) is 121 Å². The van der Waals surface area contributed by atoms with E-state index in [1.165, 1.54) is 34.7 Å². The van der Waals surface area contributed by atoms with Gasteiger partial charge >= 0.3 is 5.97 Å². The molecule has 0 bridgehead atoms. The van der Waals surface area contributed by atoms with Crippen LogP contribution in [0.1, 0.15) is 76.1 Å². The summed E-state index contributed by atoms with van der Waals surface area (Å²) >= 11 is 0. The second kappa shape index (κ2) is 18.0. The Labute approximate surface area is 335 Å². The maximum atomic E-state index is 14.7. The van der Waals surface area contributed by atoms with Crippen molar-refractivity contribution in [2.24, 2.45) is 5.92 Å². The highest BCUT2D eigenvalue weighted by atomic mass is 19.1. The number of esters is 1. The molecule has 17 heteroatoms. The Kier molecular flexibility index (Phi) is 13.1. The van der Waals surface area contributed by atoms with Crippen molar-refractivity contribution < 1.29 is 47.1 Å². The van der Waals surface area contributed by atoms with Gasteiger partial charge < -0.3 is 35.4 Å². The summed E-state index contributed by atoms with van der Waals surface area (Å²) in [6.45, 7) is 7.17. The van der Waals surface area contributed by atoms with E-state index in [0.717, 1.165) is 17.8 Å². The molecule has 4 fully saturated rings. The van der Waals surface area contributed by atoms with E-state index in [2.05, 4.69) is 20.9 Å². The lowest BCUT2D eigenvalue weighted by Gasteiger charge is -2.39. The van der Waals surface area contributed by atoms with Crippen LogP contribution in [0.3, 0.4) is 0 Å². The van der Waals surface area contributed by atoms with E-state index in [-0.39, 0.29) is 56.8 Å². The van der Waals surface area contributed by atoms with Gasteiger partial charge in [-0.1, -0.05) is 13.0 Å². The van der Waals surface area contributed by atoms with Gasteiger partial charge in [-0.25, -0.2) is 13.6 Å². The van der Waals surface area contributed by atoms with Crippen LogP contribution in [0.25, 0.3) is 0 Å². The van der Waals surface area contributed by atoms with Crippen LogP contribution in [-0.2, 0) is 51.1 Å². The number of halogens is 2. The number of carbonyl (C=O) groups excluding carboxylic acids is 7. The lowest BCUT2D eigenvalue weighted by Crippen LogP contribution is -2.63. The average Bonchev–Trinajstić information content (AvgIpc) is 3.83. The maximum absolute atomic E-state index is 14.7. The lowest BCUT2D eigenvalue weighted by molar-refractivity contribution is -0.163. The molecule has 0 saturated carbocycles. The minimum absolute atomic E-state index is 0.0402. The largest absolute Gasteiger partial charge is 0.458 e. The minimum atomic E-state index is -1.61. The molecule has 4 aliphatic heterocycles. The van der Waals surface area contributed by atoms with Gasteiger partial charge in [-0.3, -0.25) is 33.8 Å². The van der Waals surface area contributed by atoms with E-state index < -0.39 is 95.4 Å². The maximum Gasteiger partial charge on any atom is 0.329 e. The molecule has 4 aliphatic rings. The predicted molar refractivity (Wildman–Crippen MR) is 203 cm³/mol. The third kappa shape index (κ3) is 9.61. The number of fused-ring (bicyclic) bond motifs is 3. The summed E-state index contributed by atoms with van der Waals surface area (Å²) in [6.07, 6.45) is 2.18. The molecule has 0 aliphatic carbocycles. The number of piperidine rings is 1. The molecule has 6 rings (SSSR count). The molecule has 0 spiro atoms. The normalized spacial score (nSPS) is 27.6. The molecule has 1 aromatic carbocycles. The molecule has 5 heterocycles. The molecule has 312 valence electrons. The van der Waals surface area contributed by atoms with Crippen molar-refractivity contribution in [3.63, 3.8) is 0 Å². The van der Waals surface area contributed by atoms with Crippen LogP contribution < -0.4 is 16.0 Å². The minimum Gasteiger partial charge on any atom is -0.458 e. The predicted octanol–water partition coefficient (Wildman–Crippen LogP) is 1.48. The number of rotatable bonds is 7. The van der Waals surface area contributed by atoms with E-state index in [0.29, 0.717) is 37.3 Å². The number of aromatic nitrogens is 1. The number of carbonyl (C=O) groups is 7. The fraction of sp³-hybridized carbons (Fsp3) is 0.561. The monoisotopic (exact) mass is 807 g/mol. The number of hydrogen-bond acceptors (Lipinski definition) is 9. The van der Waals surface area contributed by atoms with Crippen LogP contribution in [0.15, 0.2) is 36.5 Å². The summed E-state index contributed by atoms with van der Waals surface area (Å²) in [5, 5.41) is 8.04. The summed E-state index contributed by atoms with van der Waals surface area (Å²) in [4.78, 5) is 106. The first kappa shape index (κ1) is 42.1. The average molecular weight is 808 g/mol. The fourth-order valence-electron chi connectivity index (χ4n) is 8.43. The number of aryl methyl sites for hydroxylation is 1. The van der Waals surface area contributed by atoms with Crippen LogP contribution >= 0.6 is 0 Å². The Bertz CT molecular complexity index is 1910. The van der Waals surface area contributed by atoms with Crippen molar-refractivity contribution in [1.29, 1.82) is 0 Å². The van der Waals surface area contributed by atoms with Crippen LogP contribution in [0, 0.1) is 24.5 Å². The molecule has 1 aromatic heterocycles. The number of ether oxygens (including phenoxy) is 1. The van der Waals surface area contributed by atoms with Crippen LogP contribution in [-0.4, -0.2) is 123 Å². The molecule has 15 nitrogen and oxygen atoms in total. The smallest absolute Gasteiger partial charge is 0.329 e. The molecular weight excluding hydrogens is 756 g/mol. The van der Waals surface area contributed by atoms with Gasteiger partial charge in [0.25, 0.3) is 0 Å². The van der Waals surface area contributed by atoms with Gasteiger partial charge in [-0.15, -0.1) is 0 Å². The standard InChI is InChI=1S/C41H51F2N7O8/c1-22-14-33-41(57)58-25(4)35(47-36(52)30(17-27-15-28(42)19-29(43)16-27)46-34(51)18-26-11-10-23(2)44-20-26)40(56)49-13-7-9-32(49)39(55)48-12-6-5-8-31(48)37(53)45-24(3)38(54)50(33)21-22/h10-11,15-16,19-20,22,24-25,30-33,35H,5-9,12-14,17-18,21H2,1-4H3,(H,45,53)(H,46,51)(H,47,52)/t22-,24+,25+,30+,31+,32+,33+,35+/m1/s1. The number of hydrogen-bond donors (Lipinski definition) is 3. The van der Waals surface area contributed by atoms with Gasteiger partial charge in [-0.05, 0) is 94.5 Å². The van der Waals surface area contributed by atoms with Crippen molar-refractivity contribution >= 4 is 41.4 Å². The van der Waals surface area contributed by atoms with Crippen molar-refractivity contribution in [1.82, 2.24) is 35.6 Å².